The zero-order valence-electron chi connectivity index (χ0n) is 9.91. The molecule has 17 heavy (non-hydrogen) atoms. The number of carbonyl (C=O) groups excluding carboxylic acids is 1. The Morgan fingerprint density at radius 2 is 2.29 bits per heavy atom. The Kier molecular flexibility index (Phi) is 3.39. The first kappa shape index (κ1) is 11.6. The summed E-state index contributed by atoms with van der Waals surface area (Å²) in [4.78, 5) is 17.8. The number of fused-ring (bicyclic) bond motifs is 1. The number of ether oxygens (including phenoxy) is 1. The Morgan fingerprint density at radius 1 is 1.53 bits per heavy atom. The number of rotatable bonds is 4. The normalized spacial score (nSPS) is 12.6. The number of para-hydroxylation sites is 2. The second-order valence-electron chi connectivity index (χ2n) is 3.93. The largest absolute Gasteiger partial charge is 0.375 e. The average Bonchev–Trinajstić information content (AvgIpc) is 2.72. The lowest BCUT2D eigenvalue weighted by Crippen LogP contribution is -2.32. The van der Waals surface area contributed by atoms with Crippen molar-refractivity contribution in [2.24, 2.45) is 0 Å². The number of amides is 1. The number of imidazole rings is 1. The molecule has 1 aromatic carbocycles. The van der Waals surface area contributed by atoms with Gasteiger partial charge in [-0.1, -0.05) is 12.1 Å². The van der Waals surface area contributed by atoms with Crippen LogP contribution in [0.3, 0.4) is 0 Å². The van der Waals surface area contributed by atoms with E-state index in [1.54, 1.807) is 0 Å². The zero-order chi connectivity index (χ0) is 12.3. The van der Waals surface area contributed by atoms with Crippen molar-refractivity contribution in [2.45, 2.75) is 13.0 Å². The van der Waals surface area contributed by atoms with Crippen molar-refractivity contribution in [2.75, 3.05) is 13.7 Å². The minimum Gasteiger partial charge on any atom is -0.375 e. The fourth-order valence-corrected chi connectivity index (χ4v) is 1.73. The molecule has 90 valence electrons. The molecule has 5 nitrogen and oxygen atoms in total. The fourth-order valence-electron chi connectivity index (χ4n) is 1.73. The molecule has 3 N–H and O–H groups in total. The second kappa shape index (κ2) is 4.97. The van der Waals surface area contributed by atoms with E-state index in [9.17, 15) is 4.79 Å². The predicted octanol–water partition coefficient (Wildman–Crippen LogP) is 0.806. The molecule has 0 aliphatic carbocycles. The maximum absolute atomic E-state index is 11.4. The van der Waals surface area contributed by atoms with Crippen LogP contribution in [0.2, 0.25) is 0 Å². The van der Waals surface area contributed by atoms with Crippen molar-refractivity contribution in [1.29, 1.82) is 0 Å². The Labute approximate surface area is 99.2 Å². The van der Waals surface area contributed by atoms with Gasteiger partial charge in [0.1, 0.15) is 12.6 Å². The van der Waals surface area contributed by atoms with E-state index in [0.29, 0.717) is 0 Å². The summed E-state index contributed by atoms with van der Waals surface area (Å²) in [5.41, 5.74) is 2.05. The summed E-state index contributed by atoms with van der Waals surface area (Å²) in [7, 11) is 1.50. The standard InChI is InChI=1S/C12H15N3O2/c1-8(13-11(16)7-17-2)12-14-9-5-3-4-6-10(9)15-12/h3-6,8H,7H2,1-2H3,(H,13,16)(H,14,15)/p+1. The van der Waals surface area contributed by atoms with Gasteiger partial charge in [0, 0.05) is 7.11 Å². The Bertz CT molecular complexity index is 488. The Hall–Kier alpha value is -1.88. The molecule has 0 bridgehead atoms. The van der Waals surface area contributed by atoms with Crippen LogP contribution in [0.15, 0.2) is 24.3 Å². The van der Waals surface area contributed by atoms with Crippen LogP contribution in [0.25, 0.3) is 11.0 Å². The molecule has 1 aromatic heterocycles. The monoisotopic (exact) mass is 234 g/mol. The van der Waals surface area contributed by atoms with E-state index in [-0.39, 0.29) is 18.6 Å². The summed E-state index contributed by atoms with van der Waals surface area (Å²) in [6.07, 6.45) is 0. The Balaban J connectivity index is 2.13. The molecule has 0 fully saturated rings. The topological polar surface area (TPSA) is 68.3 Å². The molecule has 0 aliphatic rings. The van der Waals surface area contributed by atoms with Gasteiger partial charge in [0.15, 0.2) is 11.0 Å². The van der Waals surface area contributed by atoms with Crippen molar-refractivity contribution in [3.05, 3.63) is 30.1 Å². The van der Waals surface area contributed by atoms with Crippen LogP contribution < -0.4 is 10.3 Å². The first-order chi connectivity index (χ1) is 8.20. The highest BCUT2D eigenvalue weighted by atomic mass is 16.5. The van der Waals surface area contributed by atoms with Gasteiger partial charge in [0.25, 0.3) is 5.82 Å². The Morgan fingerprint density at radius 3 is 3.00 bits per heavy atom. The van der Waals surface area contributed by atoms with Crippen molar-refractivity contribution >= 4 is 16.9 Å². The van der Waals surface area contributed by atoms with Crippen molar-refractivity contribution < 1.29 is 14.5 Å². The maximum Gasteiger partial charge on any atom is 0.275 e. The molecular weight excluding hydrogens is 218 g/mol. The number of methoxy groups -OCH3 is 1. The molecule has 1 amide bonds. The number of H-pyrrole nitrogens is 2. The first-order valence-corrected chi connectivity index (χ1v) is 5.49. The number of hydrogen-bond acceptors (Lipinski definition) is 2. The van der Waals surface area contributed by atoms with E-state index in [2.05, 4.69) is 15.3 Å². The van der Waals surface area contributed by atoms with Gasteiger partial charge in [0.2, 0.25) is 5.91 Å². The predicted molar refractivity (Wildman–Crippen MR) is 63.3 cm³/mol. The summed E-state index contributed by atoms with van der Waals surface area (Å²) >= 11 is 0. The number of benzene rings is 1. The summed E-state index contributed by atoms with van der Waals surface area (Å²) < 4.78 is 4.77. The van der Waals surface area contributed by atoms with Gasteiger partial charge in [0.05, 0.1) is 0 Å². The number of aromatic nitrogens is 2. The van der Waals surface area contributed by atoms with E-state index >= 15 is 0 Å². The average molecular weight is 234 g/mol. The summed E-state index contributed by atoms with van der Waals surface area (Å²) in [5, 5.41) is 2.83. The highest BCUT2D eigenvalue weighted by Gasteiger charge is 2.18. The lowest BCUT2D eigenvalue weighted by Gasteiger charge is -2.07. The van der Waals surface area contributed by atoms with Crippen LogP contribution in [0.5, 0.6) is 0 Å². The van der Waals surface area contributed by atoms with Gasteiger partial charge in [-0.05, 0) is 19.1 Å². The third-order valence-corrected chi connectivity index (χ3v) is 2.55. The smallest absolute Gasteiger partial charge is 0.275 e. The highest BCUT2D eigenvalue weighted by molar-refractivity contribution is 5.77. The molecular formula is C12H16N3O2+. The molecule has 0 saturated heterocycles. The van der Waals surface area contributed by atoms with Crippen molar-refractivity contribution in [3.63, 3.8) is 0 Å². The van der Waals surface area contributed by atoms with Gasteiger partial charge in [-0.15, -0.1) is 0 Å². The van der Waals surface area contributed by atoms with Crippen LogP contribution >= 0.6 is 0 Å². The van der Waals surface area contributed by atoms with E-state index in [1.807, 2.05) is 31.2 Å². The number of carbonyl (C=O) groups is 1. The van der Waals surface area contributed by atoms with Crippen LogP contribution in [0, 0.1) is 0 Å². The number of aromatic amines is 2. The molecule has 2 rings (SSSR count). The first-order valence-electron chi connectivity index (χ1n) is 5.49. The third kappa shape index (κ3) is 2.62. The molecule has 5 heteroatoms. The summed E-state index contributed by atoms with van der Waals surface area (Å²) in [5.74, 6) is 0.739. The molecule has 0 aliphatic heterocycles. The van der Waals surface area contributed by atoms with E-state index in [4.69, 9.17) is 4.74 Å². The molecule has 0 radical (unpaired) electrons. The quantitative estimate of drug-likeness (QED) is 0.821. The minimum atomic E-state index is -0.132. The SMILES string of the molecule is COCC(=O)NC(C)c1[nH]c2ccccc2[nH+]1. The van der Waals surface area contributed by atoms with Gasteiger partial charge in [-0.2, -0.15) is 0 Å². The number of nitrogens with one attached hydrogen (secondary N) is 3. The second-order valence-corrected chi connectivity index (χ2v) is 3.93. The number of hydrogen-bond donors (Lipinski definition) is 2. The van der Waals surface area contributed by atoms with Crippen LogP contribution in [-0.2, 0) is 9.53 Å². The van der Waals surface area contributed by atoms with Gasteiger partial charge in [-0.3, -0.25) is 4.79 Å². The minimum absolute atomic E-state index is 0.0740. The van der Waals surface area contributed by atoms with Crippen LogP contribution in [0.1, 0.15) is 18.8 Å². The lowest BCUT2D eigenvalue weighted by molar-refractivity contribution is -0.361. The molecule has 1 heterocycles. The maximum atomic E-state index is 11.4. The van der Waals surface area contributed by atoms with Crippen molar-refractivity contribution in [3.8, 4) is 0 Å². The van der Waals surface area contributed by atoms with E-state index in [0.717, 1.165) is 16.9 Å². The zero-order valence-corrected chi connectivity index (χ0v) is 9.91. The van der Waals surface area contributed by atoms with Gasteiger partial charge in [-0.25, -0.2) is 9.97 Å². The lowest BCUT2D eigenvalue weighted by atomic mass is 10.3. The van der Waals surface area contributed by atoms with Crippen LogP contribution in [-0.4, -0.2) is 24.6 Å². The van der Waals surface area contributed by atoms with Gasteiger partial charge >= 0.3 is 0 Å². The highest BCUT2D eigenvalue weighted by Crippen LogP contribution is 2.10. The van der Waals surface area contributed by atoms with Crippen LogP contribution in [0.4, 0.5) is 0 Å². The van der Waals surface area contributed by atoms with Crippen molar-refractivity contribution in [1.82, 2.24) is 10.3 Å². The summed E-state index contributed by atoms with van der Waals surface area (Å²) in [6.45, 7) is 1.99. The summed E-state index contributed by atoms with van der Waals surface area (Å²) in [6, 6.07) is 7.79. The molecule has 0 spiro atoms. The third-order valence-electron chi connectivity index (χ3n) is 2.55. The molecule has 0 saturated carbocycles. The molecule has 2 aromatic rings. The molecule has 1 unspecified atom stereocenters. The van der Waals surface area contributed by atoms with Gasteiger partial charge < -0.3 is 10.1 Å². The van der Waals surface area contributed by atoms with E-state index in [1.165, 1.54) is 7.11 Å². The fraction of sp³-hybridized carbons (Fsp3) is 0.333. The molecule has 1 atom stereocenters. The van der Waals surface area contributed by atoms with E-state index < -0.39 is 0 Å².